The second-order valence-electron chi connectivity index (χ2n) is 3.96. The molecular weight excluding hydrogens is 244 g/mol. The molecule has 102 valence electrons. The molecule has 0 saturated carbocycles. The van der Waals surface area contributed by atoms with Gasteiger partial charge in [0, 0.05) is 5.57 Å². The molecule has 4 heteroatoms. The van der Waals surface area contributed by atoms with Crippen molar-refractivity contribution in [3.05, 3.63) is 47.3 Å². The SMILES string of the molecule is CC(=O)C(=CC=CC=C/C(C(C)=O)=C(/C)[O-])C(C)=O. The first-order valence-electron chi connectivity index (χ1n) is 5.73. The number of carbonyl (C=O) groups excluding carboxylic acids is 3. The molecule has 0 unspecified atom stereocenters. The number of allylic oxidation sites excluding steroid dienone is 8. The second kappa shape index (κ2) is 7.97. The van der Waals surface area contributed by atoms with Gasteiger partial charge in [0.25, 0.3) is 0 Å². The summed E-state index contributed by atoms with van der Waals surface area (Å²) in [5.74, 6) is -1.22. The Morgan fingerprint density at radius 2 is 1.32 bits per heavy atom. The maximum Gasteiger partial charge on any atom is 0.163 e. The van der Waals surface area contributed by atoms with Crippen LogP contribution in [-0.4, -0.2) is 17.3 Å². The topological polar surface area (TPSA) is 74.3 Å². The maximum absolute atomic E-state index is 11.1. The van der Waals surface area contributed by atoms with Gasteiger partial charge in [-0.1, -0.05) is 31.2 Å². The predicted octanol–water partition coefficient (Wildman–Crippen LogP) is 1.43. The highest BCUT2D eigenvalue weighted by Gasteiger charge is 2.06. The summed E-state index contributed by atoms with van der Waals surface area (Å²) < 4.78 is 0. The van der Waals surface area contributed by atoms with Gasteiger partial charge < -0.3 is 5.11 Å². The van der Waals surface area contributed by atoms with Crippen molar-refractivity contribution >= 4 is 17.3 Å². The van der Waals surface area contributed by atoms with E-state index in [1.807, 2.05) is 0 Å². The van der Waals surface area contributed by atoms with Crippen LogP contribution in [0, 0.1) is 0 Å². The number of ketones is 3. The van der Waals surface area contributed by atoms with Crippen molar-refractivity contribution in [1.82, 2.24) is 0 Å². The third kappa shape index (κ3) is 6.31. The number of hydrogen-bond acceptors (Lipinski definition) is 4. The molecule has 0 N–H and O–H groups in total. The lowest BCUT2D eigenvalue weighted by Gasteiger charge is -2.07. The van der Waals surface area contributed by atoms with Gasteiger partial charge >= 0.3 is 0 Å². The average Bonchev–Trinajstić information content (AvgIpc) is 2.25. The first-order valence-corrected chi connectivity index (χ1v) is 5.73. The lowest BCUT2D eigenvalue weighted by molar-refractivity contribution is -0.302. The molecule has 0 radical (unpaired) electrons. The van der Waals surface area contributed by atoms with Crippen LogP contribution in [0.15, 0.2) is 47.3 Å². The molecule has 0 rings (SSSR count). The fourth-order valence-electron chi connectivity index (χ4n) is 1.33. The van der Waals surface area contributed by atoms with Gasteiger partial charge in [-0.15, -0.1) is 5.76 Å². The van der Waals surface area contributed by atoms with Crippen LogP contribution >= 0.6 is 0 Å². The zero-order chi connectivity index (χ0) is 15.0. The zero-order valence-corrected chi connectivity index (χ0v) is 11.5. The first-order chi connectivity index (χ1) is 8.77. The molecule has 4 nitrogen and oxygen atoms in total. The van der Waals surface area contributed by atoms with Crippen molar-refractivity contribution in [3.8, 4) is 0 Å². The third-order valence-electron chi connectivity index (χ3n) is 2.27. The molecule has 0 aliphatic rings. The lowest BCUT2D eigenvalue weighted by atomic mass is 10.1. The number of Topliss-reactive ketones (excluding diaryl/α,β-unsaturated/α-hetero) is 3. The van der Waals surface area contributed by atoms with Gasteiger partial charge in [-0.2, -0.15) is 0 Å². The Bertz CT molecular complexity index is 482. The van der Waals surface area contributed by atoms with E-state index in [2.05, 4.69) is 0 Å². The van der Waals surface area contributed by atoms with Crippen LogP contribution < -0.4 is 5.11 Å². The molecule has 0 fully saturated rings. The average molecular weight is 261 g/mol. The molecule has 0 bridgehead atoms. The Morgan fingerprint density at radius 3 is 1.68 bits per heavy atom. The second-order valence-corrected chi connectivity index (χ2v) is 3.96. The smallest absolute Gasteiger partial charge is 0.163 e. The van der Waals surface area contributed by atoms with Crippen molar-refractivity contribution in [2.24, 2.45) is 0 Å². The lowest BCUT2D eigenvalue weighted by Crippen LogP contribution is -2.07. The van der Waals surface area contributed by atoms with Gasteiger partial charge in [0.1, 0.15) is 0 Å². The van der Waals surface area contributed by atoms with Crippen LogP contribution in [0.5, 0.6) is 0 Å². The highest BCUT2D eigenvalue weighted by molar-refractivity contribution is 6.18. The van der Waals surface area contributed by atoms with Gasteiger partial charge in [0.15, 0.2) is 17.3 Å². The van der Waals surface area contributed by atoms with Crippen molar-refractivity contribution in [2.45, 2.75) is 27.7 Å². The van der Waals surface area contributed by atoms with Crippen LogP contribution in [0.1, 0.15) is 27.7 Å². The van der Waals surface area contributed by atoms with E-state index < -0.39 is 0 Å². The molecule has 0 saturated heterocycles. The molecule has 0 atom stereocenters. The van der Waals surface area contributed by atoms with Gasteiger partial charge in [-0.3, -0.25) is 14.4 Å². The van der Waals surface area contributed by atoms with E-state index in [0.717, 1.165) is 0 Å². The van der Waals surface area contributed by atoms with E-state index >= 15 is 0 Å². The number of carbonyl (C=O) groups is 3. The third-order valence-corrected chi connectivity index (χ3v) is 2.27. The summed E-state index contributed by atoms with van der Waals surface area (Å²) in [6.45, 7) is 5.26. The highest BCUT2D eigenvalue weighted by atomic mass is 16.3. The van der Waals surface area contributed by atoms with Gasteiger partial charge in [-0.25, -0.2) is 0 Å². The Hall–Kier alpha value is -2.23. The number of hydrogen-bond donors (Lipinski definition) is 0. The van der Waals surface area contributed by atoms with Crippen molar-refractivity contribution < 1.29 is 19.5 Å². The fourth-order valence-corrected chi connectivity index (χ4v) is 1.33. The summed E-state index contributed by atoms with van der Waals surface area (Å²) in [4.78, 5) is 33.3. The van der Waals surface area contributed by atoms with Crippen molar-refractivity contribution in [2.75, 3.05) is 0 Å². The molecule has 19 heavy (non-hydrogen) atoms. The normalized spacial score (nSPS) is 12.4. The zero-order valence-electron chi connectivity index (χ0n) is 11.5. The fraction of sp³-hybridized carbons (Fsp3) is 0.267. The summed E-state index contributed by atoms with van der Waals surface area (Å²) in [5, 5.41) is 11.1. The summed E-state index contributed by atoms with van der Waals surface area (Å²) in [5.41, 5.74) is 0.207. The standard InChI is InChI=1S/C15H18O4/c1-10(16)14(11(2)17)8-6-5-7-9-15(12(3)18)13(4)19/h5-9,16H,1-4H3/p-1/b7-5?,8-6?,14-10+. The van der Waals surface area contributed by atoms with E-state index in [0.29, 0.717) is 0 Å². The Labute approximate surface area is 112 Å². The van der Waals surface area contributed by atoms with Crippen molar-refractivity contribution in [3.63, 3.8) is 0 Å². The Kier molecular flexibility index (Phi) is 7.04. The van der Waals surface area contributed by atoms with Crippen molar-refractivity contribution in [1.29, 1.82) is 0 Å². The molecule has 0 heterocycles. The summed E-state index contributed by atoms with van der Waals surface area (Å²) >= 11 is 0. The molecule has 0 aromatic heterocycles. The largest absolute Gasteiger partial charge is 0.875 e. The molecule has 0 aromatic carbocycles. The van der Waals surface area contributed by atoms with E-state index in [9.17, 15) is 19.5 Å². The van der Waals surface area contributed by atoms with E-state index in [1.54, 1.807) is 0 Å². The van der Waals surface area contributed by atoms with Gasteiger partial charge in [0.05, 0.1) is 5.57 Å². The maximum atomic E-state index is 11.1. The van der Waals surface area contributed by atoms with Gasteiger partial charge in [-0.05, 0) is 26.8 Å². The molecule has 0 amide bonds. The molecule has 0 aromatic rings. The Morgan fingerprint density at radius 1 is 0.789 bits per heavy atom. The van der Waals surface area contributed by atoms with Crippen LogP contribution in [0.4, 0.5) is 0 Å². The van der Waals surface area contributed by atoms with Gasteiger partial charge in [0.2, 0.25) is 0 Å². The predicted molar refractivity (Wildman–Crippen MR) is 71.1 cm³/mol. The highest BCUT2D eigenvalue weighted by Crippen LogP contribution is 2.03. The van der Waals surface area contributed by atoms with Crippen LogP contribution in [0.25, 0.3) is 0 Å². The van der Waals surface area contributed by atoms with E-state index in [4.69, 9.17) is 0 Å². The summed E-state index contributed by atoms with van der Waals surface area (Å²) in [7, 11) is 0. The minimum Gasteiger partial charge on any atom is -0.875 e. The van der Waals surface area contributed by atoms with E-state index in [1.165, 1.54) is 58.1 Å². The van der Waals surface area contributed by atoms with Crippen LogP contribution in [-0.2, 0) is 14.4 Å². The molecule has 0 spiro atoms. The first kappa shape index (κ1) is 16.8. The van der Waals surface area contributed by atoms with Crippen LogP contribution in [0.3, 0.4) is 0 Å². The molecule has 0 aliphatic carbocycles. The van der Waals surface area contributed by atoms with Crippen LogP contribution in [0.2, 0.25) is 0 Å². The minimum atomic E-state index is -0.305. The summed E-state index contributed by atoms with van der Waals surface area (Å²) in [6.07, 6.45) is 7.35. The number of rotatable bonds is 6. The monoisotopic (exact) mass is 261 g/mol. The Balaban J connectivity index is 4.91. The quantitative estimate of drug-likeness (QED) is 0.238. The molecule has 0 aliphatic heterocycles. The molecular formula is C15H17O4-. The summed E-state index contributed by atoms with van der Waals surface area (Å²) in [6, 6.07) is 0. The minimum absolute atomic E-state index is 0.104. The van der Waals surface area contributed by atoms with E-state index in [-0.39, 0.29) is 34.3 Å².